The number of nitrogens with zero attached hydrogens (tertiary/aromatic N) is 2. The summed E-state index contributed by atoms with van der Waals surface area (Å²) in [7, 11) is 8.33. The van der Waals surface area contributed by atoms with E-state index < -0.39 is 0 Å². The Kier molecular flexibility index (Phi) is 7.09. The van der Waals surface area contributed by atoms with E-state index in [1.807, 2.05) is 0 Å². The molecule has 1 unspecified atom stereocenters. The monoisotopic (exact) mass is 203 g/mol. The van der Waals surface area contributed by atoms with Crippen molar-refractivity contribution in [3.63, 3.8) is 0 Å². The second kappa shape index (κ2) is 7.17. The number of aliphatic hydroxyl groups excluding tert-OH is 1. The highest BCUT2D eigenvalue weighted by atomic mass is 16.3. The number of nitrogens with one attached hydrogen (secondary N) is 1. The molecular weight excluding hydrogens is 178 g/mol. The summed E-state index contributed by atoms with van der Waals surface area (Å²) in [4.78, 5) is 4.40. The number of hydrogen-bond donors (Lipinski definition) is 2. The van der Waals surface area contributed by atoms with E-state index in [1.165, 1.54) is 0 Å². The zero-order valence-corrected chi connectivity index (χ0v) is 10.1. The zero-order valence-electron chi connectivity index (χ0n) is 10.1. The molecule has 1 atom stereocenters. The number of hydrogen-bond acceptors (Lipinski definition) is 4. The van der Waals surface area contributed by atoms with Gasteiger partial charge in [0.05, 0.1) is 12.3 Å². The van der Waals surface area contributed by atoms with Crippen molar-refractivity contribution in [3.8, 4) is 0 Å². The van der Waals surface area contributed by atoms with Gasteiger partial charge in [0.1, 0.15) is 0 Å². The normalized spacial score (nSPS) is 14.4. The first-order valence-corrected chi connectivity index (χ1v) is 5.16. The lowest BCUT2D eigenvalue weighted by molar-refractivity contribution is 0.118. The van der Waals surface area contributed by atoms with Crippen molar-refractivity contribution in [2.75, 3.05) is 41.3 Å². The Hall–Kier alpha value is -0.160. The van der Waals surface area contributed by atoms with Gasteiger partial charge in [-0.25, -0.2) is 0 Å². The molecule has 0 bridgehead atoms. The van der Waals surface area contributed by atoms with Crippen LogP contribution in [-0.4, -0.2) is 68.5 Å². The maximum Gasteiger partial charge on any atom is 0.0636 e. The molecule has 0 radical (unpaired) electrons. The topological polar surface area (TPSA) is 38.7 Å². The van der Waals surface area contributed by atoms with Crippen LogP contribution in [0.2, 0.25) is 0 Å². The first kappa shape index (κ1) is 13.8. The van der Waals surface area contributed by atoms with Crippen molar-refractivity contribution in [3.05, 3.63) is 0 Å². The second-order valence-corrected chi connectivity index (χ2v) is 4.25. The molecule has 0 aliphatic heterocycles. The van der Waals surface area contributed by atoms with Gasteiger partial charge in [0, 0.05) is 6.54 Å². The molecule has 4 nitrogen and oxygen atoms in total. The average molecular weight is 203 g/mol. The van der Waals surface area contributed by atoms with Crippen LogP contribution in [0.25, 0.3) is 0 Å². The van der Waals surface area contributed by atoms with Crippen LogP contribution in [0.4, 0.5) is 0 Å². The predicted octanol–water partition coefficient (Wildman–Crippen LogP) is -0.204. The SMILES string of the molecule is CC(O)CNCCC(N(C)C)N(C)C. The molecule has 2 N–H and O–H groups in total. The van der Waals surface area contributed by atoms with E-state index in [-0.39, 0.29) is 6.10 Å². The molecule has 0 aliphatic carbocycles. The molecule has 0 saturated heterocycles. The van der Waals surface area contributed by atoms with Crippen LogP contribution in [-0.2, 0) is 0 Å². The van der Waals surface area contributed by atoms with Gasteiger partial charge in [0.15, 0.2) is 0 Å². The van der Waals surface area contributed by atoms with Crippen molar-refractivity contribution < 1.29 is 5.11 Å². The van der Waals surface area contributed by atoms with E-state index >= 15 is 0 Å². The van der Waals surface area contributed by atoms with Crippen LogP contribution in [0.5, 0.6) is 0 Å². The molecule has 0 rings (SSSR count). The van der Waals surface area contributed by atoms with Gasteiger partial charge >= 0.3 is 0 Å². The molecule has 4 heteroatoms. The molecule has 0 saturated carbocycles. The van der Waals surface area contributed by atoms with Crippen LogP contribution in [0, 0.1) is 0 Å². The molecule has 0 aliphatic rings. The van der Waals surface area contributed by atoms with Gasteiger partial charge in [-0.05, 0) is 48.1 Å². The smallest absolute Gasteiger partial charge is 0.0636 e. The van der Waals surface area contributed by atoms with Gasteiger partial charge in [-0.15, -0.1) is 0 Å². The van der Waals surface area contributed by atoms with Gasteiger partial charge < -0.3 is 10.4 Å². The Morgan fingerprint density at radius 2 is 1.64 bits per heavy atom. The predicted molar refractivity (Wildman–Crippen MR) is 60.3 cm³/mol. The fourth-order valence-electron chi connectivity index (χ4n) is 1.52. The molecule has 0 heterocycles. The third-order valence-corrected chi connectivity index (χ3v) is 2.21. The summed E-state index contributed by atoms with van der Waals surface area (Å²) in [6.07, 6.45) is 1.26. The molecule has 14 heavy (non-hydrogen) atoms. The van der Waals surface area contributed by atoms with Crippen LogP contribution in [0.15, 0.2) is 0 Å². The van der Waals surface area contributed by atoms with Gasteiger partial charge in [0.2, 0.25) is 0 Å². The Labute approximate surface area is 87.9 Å². The lowest BCUT2D eigenvalue weighted by Crippen LogP contribution is -2.42. The summed E-state index contributed by atoms with van der Waals surface area (Å²) < 4.78 is 0. The van der Waals surface area contributed by atoms with Crippen LogP contribution in [0.3, 0.4) is 0 Å². The first-order valence-electron chi connectivity index (χ1n) is 5.16. The van der Waals surface area contributed by atoms with E-state index in [9.17, 15) is 0 Å². The number of aliphatic hydroxyl groups is 1. The third kappa shape index (κ3) is 6.32. The maximum absolute atomic E-state index is 9.05. The zero-order chi connectivity index (χ0) is 11.1. The van der Waals surface area contributed by atoms with Crippen molar-refractivity contribution in [1.29, 1.82) is 0 Å². The lowest BCUT2D eigenvalue weighted by atomic mass is 10.3. The Morgan fingerprint density at radius 3 is 2.00 bits per heavy atom. The molecule has 0 aromatic carbocycles. The molecule has 0 spiro atoms. The highest BCUT2D eigenvalue weighted by Crippen LogP contribution is 2.01. The van der Waals surface area contributed by atoms with Gasteiger partial charge in [0.25, 0.3) is 0 Å². The van der Waals surface area contributed by atoms with Gasteiger partial charge in [-0.3, -0.25) is 9.80 Å². The lowest BCUT2D eigenvalue weighted by Gasteiger charge is -2.30. The average Bonchev–Trinajstić information content (AvgIpc) is 2.01. The van der Waals surface area contributed by atoms with Crippen molar-refractivity contribution in [2.24, 2.45) is 0 Å². The van der Waals surface area contributed by atoms with Crippen molar-refractivity contribution in [2.45, 2.75) is 25.6 Å². The fraction of sp³-hybridized carbons (Fsp3) is 1.00. The minimum atomic E-state index is -0.257. The largest absolute Gasteiger partial charge is 0.392 e. The highest BCUT2D eigenvalue weighted by molar-refractivity contribution is 4.65. The van der Waals surface area contributed by atoms with Crippen molar-refractivity contribution >= 4 is 0 Å². The summed E-state index contributed by atoms with van der Waals surface area (Å²) in [6.45, 7) is 3.40. The minimum Gasteiger partial charge on any atom is -0.392 e. The Morgan fingerprint density at radius 1 is 1.14 bits per heavy atom. The van der Waals surface area contributed by atoms with Crippen LogP contribution >= 0.6 is 0 Å². The maximum atomic E-state index is 9.05. The molecule has 0 amide bonds. The van der Waals surface area contributed by atoms with Gasteiger partial charge in [-0.1, -0.05) is 0 Å². The second-order valence-electron chi connectivity index (χ2n) is 4.25. The standard InChI is InChI=1S/C10H25N3O/c1-9(14)8-11-7-6-10(12(2)3)13(4)5/h9-11,14H,6-8H2,1-5H3. The summed E-state index contributed by atoms with van der Waals surface area (Å²) >= 11 is 0. The molecular formula is C10H25N3O. The fourth-order valence-corrected chi connectivity index (χ4v) is 1.52. The molecule has 0 fully saturated rings. The third-order valence-electron chi connectivity index (χ3n) is 2.21. The Balaban J connectivity index is 3.62. The molecule has 0 aromatic heterocycles. The Bertz CT molecular complexity index is 129. The van der Waals surface area contributed by atoms with Crippen LogP contribution in [0.1, 0.15) is 13.3 Å². The quantitative estimate of drug-likeness (QED) is 0.444. The minimum absolute atomic E-state index is 0.257. The van der Waals surface area contributed by atoms with Gasteiger partial charge in [-0.2, -0.15) is 0 Å². The van der Waals surface area contributed by atoms with E-state index in [0.717, 1.165) is 13.0 Å². The van der Waals surface area contributed by atoms with E-state index in [2.05, 4.69) is 43.3 Å². The van der Waals surface area contributed by atoms with E-state index in [0.29, 0.717) is 12.7 Å². The van der Waals surface area contributed by atoms with E-state index in [1.54, 1.807) is 6.92 Å². The molecule has 0 aromatic rings. The van der Waals surface area contributed by atoms with E-state index in [4.69, 9.17) is 5.11 Å². The summed E-state index contributed by atoms with van der Waals surface area (Å²) in [5.74, 6) is 0. The first-order chi connectivity index (χ1) is 6.45. The summed E-state index contributed by atoms with van der Waals surface area (Å²) in [5.41, 5.74) is 0. The van der Waals surface area contributed by atoms with Crippen molar-refractivity contribution in [1.82, 2.24) is 15.1 Å². The highest BCUT2D eigenvalue weighted by Gasteiger charge is 2.12. The number of rotatable bonds is 7. The summed E-state index contributed by atoms with van der Waals surface area (Å²) in [5, 5.41) is 12.3. The van der Waals surface area contributed by atoms with Crippen LogP contribution < -0.4 is 5.32 Å². The molecule has 86 valence electrons. The summed E-state index contributed by atoms with van der Waals surface area (Å²) in [6, 6.07) is 0.